The summed E-state index contributed by atoms with van der Waals surface area (Å²) < 4.78 is 2.06. The highest BCUT2D eigenvalue weighted by molar-refractivity contribution is 5.90. The van der Waals surface area contributed by atoms with Crippen LogP contribution in [0.2, 0.25) is 0 Å². The summed E-state index contributed by atoms with van der Waals surface area (Å²) in [5.74, 6) is 1.03. The predicted octanol–water partition coefficient (Wildman–Crippen LogP) is 1.65. The summed E-state index contributed by atoms with van der Waals surface area (Å²) >= 11 is 0. The van der Waals surface area contributed by atoms with E-state index in [1.54, 1.807) is 4.90 Å². The van der Waals surface area contributed by atoms with E-state index in [0.29, 0.717) is 26.2 Å². The molecule has 0 aliphatic carbocycles. The van der Waals surface area contributed by atoms with E-state index in [1.165, 1.54) is 6.33 Å². The van der Waals surface area contributed by atoms with Crippen LogP contribution in [0.1, 0.15) is 42.8 Å². The molecule has 152 valence electrons. The third kappa shape index (κ3) is 3.59. The number of hydrogen-bond donors (Lipinski definition) is 1. The van der Waals surface area contributed by atoms with Crippen molar-refractivity contribution < 1.29 is 9.59 Å². The number of carbonyl (C=O) groups is 2. The van der Waals surface area contributed by atoms with Gasteiger partial charge in [-0.3, -0.25) is 14.7 Å². The van der Waals surface area contributed by atoms with Crippen LogP contribution in [-0.2, 0) is 11.2 Å². The van der Waals surface area contributed by atoms with E-state index in [0.717, 1.165) is 29.7 Å². The van der Waals surface area contributed by atoms with E-state index < -0.39 is 0 Å². The minimum Gasteiger partial charge on any atom is -0.337 e. The number of rotatable bonds is 5. The number of amides is 2. The third-order valence-electron chi connectivity index (χ3n) is 5.38. The largest absolute Gasteiger partial charge is 0.337 e. The Morgan fingerprint density at radius 1 is 1.14 bits per heavy atom. The number of aromatic amines is 1. The first-order valence-electron chi connectivity index (χ1n) is 9.99. The molecule has 1 aliphatic heterocycles. The van der Waals surface area contributed by atoms with Crippen LogP contribution in [0.5, 0.6) is 0 Å². The van der Waals surface area contributed by atoms with E-state index in [4.69, 9.17) is 4.98 Å². The number of carbonyl (C=O) groups excluding carboxylic acids is 2. The lowest BCUT2D eigenvalue weighted by atomic mass is 10.2. The molecule has 1 fully saturated rings. The minimum absolute atomic E-state index is 0.0530. The molecule has 9 heteroatoms. The van der Waals surface area contributed by atoms with Crippen LogP contribution in [0.3, 0.4) is 0 Å². The number of aromatic nitrogens is 5. The van der Waals surface area contributed by atoms with Crippen molar-refractivity contribution in [2.75, 3.05) is 26.2 Å². The number of imidazole rings is 1. The van der Waals surface area contributed by atoms with Gasteiger partial charge in [-0.1, -0.05) is 19.1 Å². The molecule has 2 amide bonds. The van der Waals surface area contributed by atoms with Gasteiger partial charge < -0.3 is 14.4 Å². The molecule has 0 saturated carbocycles. The van der Waals surface area contributed by atoms with Crippen LogP contribution in [0.4, 0.5) is 0 Å². The Morgan fingerprint density at radius 3 is 2.55 bits per heavy atom. The highest BCUT2D eigenvalue weighted by Crippen LogP contribution is 2.24. The van der Waals surface area contributed by atoms with E-state index in [1.807, 2.05) is 36.1 Å². The first-order chi connectivity index (χ1) is 14.1. The number of hydrogen-bond acceptors (Lipinski definition) is 5. The second-order valence-electron chi connectivity index (χ2n) is 7.26. The summed E-state index contributed by atoms with van der Waals surface area (Å²) in [6.45, 7) is 6.00. The molecule has 0 radical (unpaired) electrons. The molecule has 1 aliphatic rings. The fraction of sp³-hybridized carbons (Fsp3) is 0.450. The molecule has 3 heterocycles. The zero-order chi connectivity index (χ0) is 20.4. The Bertz CT molecular complexity index is 1000. The average molecular weight is 395 g/mol. The second kappa shape index (κ2) is 8.02. The lowest BCUT2D eigenvalue weighted by molar-refractivity contribution is -0.135. The summed E-state index contributed by atoms with van der Waals surface area (Å²) in [6.07, 6.45) is 3.11. The van der Waals surface area contributed by atoms with Gasteiger partial charge in [-0.15, -0.1) is 0 Å². The zero-order valence-electron chi connectivity index (χ0n) is 16.7. The van der Waals surface area contributed by atoms with Gasteiger partial charge in [0, 0.05) is 32.6 Å². The van der Waals surface area contributed by atoms with Crippen molar-refractivity contribution in [2.45, 2.75) is 32.7 Å². The van der Waals surface area contributed by atoms with Crippen LogP contribution in [0.25, 0.3) is 11.0 Å². The number of nitrogens with one attached hydrogen (secondary N) is 1. The maximum Gasteiger partial charge on any atom is 0.291 e. The zero-order valence-corrected chi connectivity index (χ0v) is 16.7. The molecule has 0 unspecified atom stereocenters. The first-order valence-corrected chi connectivity index (χ1v) is 9.99. The van der Waals surface area contributed by atoms with Gasteiger partial charge in [0.1, 0.15) is 18.2 Å². The lowest BCUT2D eigenvalue weighted by Gasteiger charge is -2.36. The van der Waals surface area contributed by atoms with Crippen LogP contribution in [0.15, 0.2) is 30.6 Å². The van der Waals surface area contributed by atoms with Crippen molar-refractivity contribution >= 4 is 22.8 Å². The van der Waals surface area contributed by atoms with Crippen molar-refractivity contribution in [3.63, 3.8) is 0 Å². The lowest BCUT2D eigenvalue weighted by Crippen LogP contribution is -2.52. The smallest absolute Gasteiger partial charge is 0.291 e. The molecule has 1 saturated heterocycles. The summed E-state index contributed by atoms with van der Waals surface area (Å²) in [5, 5.41) is 6.32. The van der Waals surface area contributed by atoms with Crippen molar-refractivity contribution in [3.8, 4) is 0 Å². The van der Waals surface area contributed by atoms with Gasteiger partial charge in [0.05, 0.1) is 11.0 Å². The van der Waals surface area contributed by atoms with Gasteiger partial charge in [0.15, 0.2) is 0 Å². The fourth-order valence-electron chi connectivity index (χ4n) is 3.89. The van der Waals surface area contributed by atoms with Crippen LogP contribution in [-0.4, -0.2) is 72.5 Å². The summed E-state index contributed by atoms with van der Waals surface area (Å²) in [7, 11) is 0. The molecule has 9 nitrogen and oxygen atoms in total. The molecule has 1 aromatic carbocycles. The Labute approximate surface area is 168 Å². The van der Waals surface area contributed by atoms with Gasteiger partial charge in [-0.2, -0.15) is 5.10 Å². The Kier molecular flexibility index (Phi) is 5.28. The highest BCUT2D eigenvalue weighted by Gasteiger charge is 2.30. The Balaban J connectivity index is 1.49. The molecule has 29 heavy (non-hydrogen) atoms. The third-order valence-corrected chi connectivity index (χ3v) is 5.38. The predicted molar refractivity (Wildman–Crippen MR) is 107 cm³/mol. The minimum atomic E-state index is -0.347. The van der Waals surface area contributed by atoms with Crippen molar-refractivity contribution in [1.29, 1.82) is 0 Å². The SMILES string of the molecule is CCCc1nc2ccccc2n1[C@H](C)C(=O)N1CCN(C(=O)c2ncn[nH]2)CC1. The molecule has 3 aromatic rings. The van der Waals surface area contributed by atoms with Gasteiger partial charge in [0.25, 0.3) is 5.91 Å². The molecule has 0 bridgehead atoms. The van der Waals surface area contributed by atoms with E-state index in [2.05, 4.69) is 26.7 Å². The van der Waals surface area contributed by atoms with Gasteiger partial charge >= 0.3 is 0 Å². The number of aryl methyl sites for hydroxylation is 1. The van der Waals surface area contributed by atoms with Gasteiger partial charge in [-0.25, -0.2) is 9.97 Å². The van der Waals surface area contributed by atoms with E-state index in [-0.39, 0.29) is 23.7 Å². The maximum atomic E-state index is 13.2. The first kappa shape index (κ1) is 19.1. The van der Waals surface area contributed by atoms with Gasteiger partial charge in [0.2, 0.25) is 11.7 Å². The number of nitrogens with zero attached hydrogens (tertiary/aromatic N) is 6. The summed E-state index contributed by atoms with van der Waals surface area (Å²) in [4.78, 5) is 37.8. The number of piperazine rings is 1. The monoisotopic (exact) mass is 395 g/mol. The number of fused-ring (bicyclic) bond motifs is 1. The summed E-state index contributed by atoms with van der Waals surface area (Å²) in [6, 6.07) is 7.59. The molecular formula is C20H25N7O2. The summed E-state index contributed by atoms with van der Waals surface area (Å²) in [5.41, 5.74) is 1.90. The quantitative estimate of drug-likeness (QED) is 0.708. The molecule has 0 spiro atoms. The Hall–Kier alpha value is -3.23. The maximum absolute atomic E-state index is 13.2. The average Bonchev–Trinajstić information content (AvgIpc) is 3.40. The normalized spacial score (nSPS) is 15.7. The van der Waals surface area contributed by atoms with Crippen LogP contribution < -0.4 is 0 Å². The number of benzene rings is 1. The van der Waals surface area contributed by atoms with Crippen molar-refractivity contribution in [1.82, 2.24) is 34.5 Å². The standard InChI is InChI=1S/C20H25N7O2/c1-3-6-17-23-15-7-4-5-8-16(15)27(17)14(2)19(28)25-9-11-26(12-10-25)20(29)18-21-13-22-24-18/h4-5,7-8,13-14H,3,6,9-12H2,1-2H3,(H,21,22,24)/t14-/m1/s1. The molecule has 1 N–H and O–H groups in total. The van der Waals surface area contributed by atoms with Crippen LogP contribution >= 0.6 is 0 Å². The van der Waals surface area contributed by atoms with E-state index in [9.17, 15) is 9.59 Å². The van der Waals surface area contributed by atoms with Crippen LogP contribution in [0, 0.1) is 0 Å². The molecule has 2 aromatic heterocycles. The van der Waals surface area contributed by atoms with E-state index >= 15 is 0 Å². The van der Waals surface area contributed by atoms with Gasteiger partial charge in [-0.05, 0) is 25.5 Å². The second-order valence-corrected chi connectivity index (χ2v) is 7.26. The van der Waals surface area contributed by atoms with Crippen molar-refractivity contribution in [2.24, 2.45) is 0 Å². The Morgan fingerprint density at radius 2 is 1.86 bits per heavy atom. The molecule has 4 rings (SSSR count). The number of para-hydroxylation sites is 2. The molecular weight excluding hydrogens is 370 g/mol. The van der Waals surface area contributed by atoms with Crippen molar-refractivity contribution in [3.05, 3.63) is 42.2 Å². The fourth-order valence-corrected chi connectivity index (χ4v) is 3.89. The number of H-pyrrole nitrogens is 1. The highest BCUT2D eigenvalue weighted by atomic mass is 16.2. The molecule has 1 atom stereocenters. The topological polar surface area (TPSA) is 100 Å².